The van der Waals surface area contributed by atoms with E-state index in [2.05, 4.69) is 40.5 Å². The average molecular weight is 415 g/mol. The Morgan fingerprint density at radius 2 is 2.07 bits per heavy atom. The Bertz CT molecular complexity index is 820. The maximum Gasteiger partial charge on any atom is 0.249 e. The summed E-state index contributed by atoms with van der Waals surface area (Å²) in [6, 6.07) is 11.0. The molecule has 6 heteroatoms. The van der Waals surface area contributed by atoms with Crippen molar-refractivity contribution < 1.29 is 14.3 Å². The van der Waals surface area contributed by atoms with E-state index >= 15 is 0 Å². The molecule has 1 aromatic heterocycles. The van der Waals surface area contributed by atoms with Gasteiger partial charge in [-0.3, -0.25) is 9.69 Å². The summed E-state index contributed by atoms with van der Waals surface area (Å²) in [6.07, 6.45) is 6.07. The summed E-state index contributed by atoms with van der Waals surface area (Å²) in [5.74, 6) is 0.0326. The van der Waals surface area contributed by atoms with E-state index in [-0.39, 0.29) is 23.7 Å². The van der Waals surface area contributed by atoms with E-state index in [1.807, 2.05) is 11.3 Å². The van der Waals surface area contributed by atoms with Gasteiger partial charge in [-0.15, -0.1) is 11.3 Å². The van der Waals surface area contributed by atoms with Crippen molar-refractivity contribution in [1.29, 1.82) is 0 Å². The minimum Gasteiger partial charge on any atom is -0.370 e. The lowest BCUT2D eigenvalue weighted by atomic mass is 9.88. The van der Waals surface area contributed by atoms with Gasteiger partial charge in [-0.2, -0.15) is 0 Å². The molecule has 5 nitrogen and oxygen atoms in total. The highest BCUT2D eigenvalue weighted by Gasteiger charge is 2.42. The monoisotopic (exact) mass is 414 g/mol. The number of rotatable bonds is 5. The number of benzene rings is 1. The number of fused-ring (bicyclic) bond motifs is 1. The van der Waals surface area contributed by atoms with Gasteiger partial charge in [0.25, 0.3) is 0 Å². The van der Waals surface area contributed by atoms with E-state index in [9.17, 15) is 4.79 Å². The summed E-state index contributed by atoms with van der Waals surface area (Å²) in [6.45, 7) is 4.54. The average Bonchev–Trinajstić information content (AvgIpc) is 3.48. The van der Waals surface area contributed by atoms with Crippen LogP contribution in [0.2, 0.25) is 0 Å². The molecule has 1 aromatic carbocycles. The van der Waals surface area contributed by atoms with E-state index in [1.165, 1.54) is 15.0 Å². The van der Waals surface area contributed by atoms with Crippen molar-refractivity contribution in [2.45, 2.75) is 62.9 Å². The zero-order valence-corrected chi connectivity index (χ0v) is 17.7. The van der Waals surface area contributed by atoms with Gasteiger partial charge in [0.2, 0.25) is 5.91 Å². The van der Waals surface area contributed by atoms with Gasteiger partial charge in [0, 0.05) is 42.4 Å². The minimum atomic E-state index is -0.248. The Labute approximate surface area is 176 Å². The molecule has 2 aromatic rings. The molecule has 4 heterocycles. The molecule has 5 rings (SSSR count). The number of nitrogens with zero attached hydrogens (tertiary/aromatic N) is 1. The molecule has 3 aliphatic rings. The molecular formula is C23H30N2O3S. The molecular weight excluding hydrogens is 384 g/mol. The van der Waals surface area contributed by atoms with Crippen molar-refractivity contribution in [3.8, 4) is 0 Å². The van der Waals surface area contributed by atoms with Gasteiger partial charge in [0.1, 0.15) is 6.10 Å². The second-order valence-corrected chi connectivity index (χ2v) is 9.90. The smallest absolute Gasteiger partial charge is 0.249 e. The number of hydrogen-bond acceptors (Lipinski definition) is 5. The van der Waals surface area contributed by atoms with Crippen molar-refractivity contribution in [2.75, 3.05) is 26.2 Å². The predicted molar refractivity (Wildman–Crippen MR) is 115 cm³/mol. The lowest BCUT2D eigenvalue weighted by Gasteiger charge is -2.39. The third-order valence-corrected chi connectivity index (χ3v) is 7.79. The van der Waals surface area contributed by atoms with Crippen LogP contribution in [-0.4, -0.2) is 54.9 Å². The Kier molecular flexibility index (Phi) is 5.61. The number of nitrogens with one attached hydrogen (secondary N) is 1. The number of amides is 1. The molecule has 1 amide bonds. The van der Waals surface area contributed by atoms with Gasteiger partial charge in [0.15, 0.2) is 0 Å². The molecule has 0 bridgehead atoms. The van der Waals surface area contributed by atoms with Gasteiger partial charge in [-0.05, 0) is 56.0 Å². The Balaban J connectivity index is 1.09. The van der Waals surface area contributed by atoms with Crippen molar-refractivity contribution in [3.05, 3.63) is 35.2 Å². The number of hydrogen-bond donors (Lipinski definition) is 1. The number of thiophene rings is 1. The molecule has 3 fully saturated rings. The van der Waals surface area contributed by atoms with Gasteiger partial charge in [-0.25, -0.2) is 0 Å². The van der Waals surface area contributed by atoms with E-state index in [1.54, 1.807) is 0 Å². The predicted octanol–water partition coefficient (Wildman–Crippen LogP) is 3.71. The Morgan fingerprint density at radius 3 is 2.86 bits per heavy atom. The fourth-order valence-electron chi connectivity index (χ4n) is 4.97. The molecule has 1 N–H and O–H groups in total. The highest BCUT2D eigenvalue weighted by Crippen LogP contribution is 2.39. The molecule has 0 saturated carbocycles. The summed E-state index contributed by atoms with van der Waals surface area (Å²) in [7, 11) is 0. The van der Waals surface area contributed by atoms with Crippen molar-refractivity contribution in [3.63, 3.8) is 0 Å². The molecule has 156 valence electrons. The molecule has 29 heavy (non-hydrogen) atoms. The molecule has 3 aliphatic heterocycles. The molecule has 1 spiro atoms. The number of carbonyl (C=O) groups excluding carboxylic acids is 1. The van der Waals surface area contributed by atoms with E-state index in [4.69, 9.17) is 9.47 Å². The van der Waals surface area contributed by atoms with E-state index in [0.717, 1.165) is 58.2 Å². The van der Waals surface area contributed by atoms with Crippen LogP contribution < -0.4 is 5.32 Å². The highest BCUT2D eigenvalue weighted by molar-refractivity contribution is 7.19. The van der Waals surface area contributed by atoms with Crippen LogP contribution >= 0.6 is 11.3 Å². The van der Waals surface area contributed by atoms with Gasteiger partial charge < -0.3 is 14.8 Å². The first-order chi connectivity index (χ1) is 14.2. The third kappa shape index (κ3) is 4.36. The van der Waals surface area contributed by atoms with Crippen LogP contribution in [0.1, 0.15) is 43.4 Å². The maximum absolute atomic E-state index is 12.2. The van der Waals surface area contributed by atoms with Crippen LogP contribution in [-0.2, 0) is 20.8 Å². The standard InChI is InChI=1S/C23H30N2O3S/c26-22(20-5-3-13-27-20)24-15-18-7-8-23(28-18)9-11-25(12-10-23)16-19-14-17-4-1-2-6-21(17)29-19/h1-2,4,6,14,18,20H,3,5,7-13,15-16H2,(H,24,26). The zero-order chi connectivity index (χ0) is 19.7. The topological polar surface area (TPSA) is 50.8 Å². The summed E-state index contributed by atoms with van der Waals surface area (Å²) in [4.78, 5) is 16.2. The summed E-state index contributed by atoms with van der Waals surface area (Å²) in [5.41, 5.74) is 0.0237. The van der Waals surface area contributed by atoms with E-state index in [0.29, 0.717) is 13.2 Å². The Hall–Kier alpha value is -1.47. The lowest BCUT2D eigenvalue weighted by Crippen LogP contribution is -2.45. The minimum absolute atomic E-state index is 0.0237. The largest absolute Gasteiger partial charge is 0.370 e. The molecule has 2 unspecified atom stereocenters. The van der Waals surface area contributed by atoms with Gasteiger partial charge in [0.05, 0.1) is 11.7 Å². The zero-order valence-electron chi connectivity index (χ0n) is 16.9. The lowest BCUT2D eigenvalue weighted by molar-refractivity contribution is -0.131. The number of likely N-dealkylation sites (tertiary alicyclic amines) is 1. The van der Waals surface area contributed by atoms with Crippen LogP contribution in [0.5, 0.6) is 0 Å². The summed E-state index contributed by atoms with van der Waals surface area (Å²) in [5, 5.41) is 4.40. The molecule has 2 atom stereocenters. The van der Waals surface area contributed by atoms with Crippen LogP contribution in [0.4, 0.5) is 0 Å². The maximum atomic E-state index is 12.2. The second kappa shape index (κ2) is 8.34. The first-order valence-corrected chi connectivity index (χ1v) is 11.8. The van der Waals surface area contributed by atoms with E-state index < -0.39 is 0 Å². The fraction of sp³-hybridized carbons (Fsp3) is 0.609. The quantitative estimate of drug-likeness (QED) is 0.810. The number of ether oxygens (including phenoxy) is 2. The highest BCUT2D eigenvalue weighted by atomic mass is 32.1. The van der Waals surface area contributed by atoms with Crippen molar-refractivity contribution >= 4 is 27.3 Å². The van der Waals surface area contributed by atoms with Crippen molar-refractivity contribution in [2.24, 2.45) is 0 Å². The number of piperidine rings is 1. The molecule has 3 saturated heterocycles. The van der Waals surface area contributed by atoms with Crippen LogP contribution in [0, 0.1) is 0 Å². The fourth-order valence-corrected chi connectivity index (χ4v) is 6.08. The van der Waals surface area contributed by atoms with Crippen LogP contribution in [0.15, 0.2) is 30.3 Å². The summed E-state index contributed by atoms with van der Waals surface area (Å²) < 4.78 is 13.3. The van der Waals surface area contributed by atoms with Crippen LogP contribution in [0.3, 0.4) is 0 Å². The molecule has 0 radical (unpaired) electrons. The first-order valence-electron chi connectivity index (χ1n) is 11.0. The van der Waals surface area contributed by atoms with Gasteiger partial charge >= 0.3 is 0 Å². The Morgan fingerprint density at radius 1 is 1.21 bits per heavy atom. The first kappa shape index (κ1) is 19.5. The normalized spacial score (nSPS) is 27.0. The van der Waals surface area contributed by atoms with Crippen molar-refractivity contribution in [1.82, 2.24) is 10.2 Å². The SMILES string of the molecule is O=C(NCC1CCC2(CCN(Cc3cc4ccccc4s3)CC2)O1)C1CCCO1. The number of carbonyl (C=O) groups is 1. The molecule has 0 aliphatic carbocycles. The van der Waals surface area contributed by atoms with Crippen LogP contribution in [0.25, 0.3) is 10.1 Å². The second-order valence-electron chi connectivity index (χ2n) is 8.74. The summed E-state index contributed by atoms with van der Waals surface area (Å²) >= 11 is 1.91. The van der Waals surface area contributed by atoms with Gasteiger partial charge in [-0.1, -0.05) is 18.2 Å². The third-order valence-electron chi connectivity index (χ3n) is 6.69.